The molecule has 0 saturated heterocycles. The summed E-state index contributed by atoms with van der Waals surface area (Å²) < 4.78 is 33.1. The molecule has 1 amide bonds. The number of aromatic amines is 1. The number of halogens is 2. The number of hydrogen-bond acceptors (Lipinski definition) is 4. The molecule has 0 bridgehead atoms. The number of aromatic nitrogens is 2. The first-order valence-corrected chi connectivity index (χ1v) is 11.0. The van der Waals surface area contributed by atoms with Crippen molar-refractivity contribution < 1.29 is 23.1 Å². The fourth-order valence-electron chi connectivity index (χ4n) is 3.74. The predicted molar refractivity (Wildman–Crippen MR) is 127 cm³/mol. The van der Waals surface area contributed by atoms with Crippen molar-refractivity contribution in [2.24, 2.45) is 0 Å². The van der Waals surface area contributed by atoms with E-state index in [0.29, 0.717) is 17.7 Å². The molecule has 0 radical (unpaired) electrons. The fraction of sp³-hybridized carbons (Fsp3) is 0.148. The molecule has 0 aliphatic rings. The van der Waals surface area contributed by atoms with Crippen LogP contribution in [0.1, 0.15) is 15.9 Å². The maximum absolute atomic E-state index is 15.0. The largest absolute Gasteiger partial charge is 0.468 e. The van der Waals surface area contributed by atoms with Gasteiger partial charge in [0.05, 0.1) is 29.6 Å². The molecule has 4 rings (SSSR count). The lowest BCUT2D eigenvalue weighted by Crippen LogP contribution is -2.38. The van der Waals surface area contributed by atoms with Crippen LogP contribution in [0.2, 0.25) is 0 Å². The van der Waals surface area contributed by atoms with E-state index in [1.54, 1.807) is 18.2 Å². The number of benzene rings is 3. The van der Waals surface area contributed by atoms with Crippen LogP contribution in [0.3, 0.4) is 0 Å². The summed E-state index contributed by atoms with van der Waals surface area (Å²) in [4.78, 5) is 26.9. The third kappa shape index (κ3) is 5.60. The average molecular weight is 475 g/mol. The summed E-state index contributed by atoms with van der Waals surface area (Å²) in [5, 5.41) is 7.01. The van der Waals surface area contributed by atoms with E-state index in [1.165, 1.54) is 42.3 Å². The maximum Gasteiger partial charge on any atom is 0.325 e. The van der Waals surface area contributed by atoms with E-state index in [9.17, 15) is 14.0 Å². The Kier molecular flexibility index (Phi) is 7.30. The topological polar surface area (TPSA) is 75.3 Å². The van der Waals surface area contributed by atoms with Crippen LogP contribution in [0.4, 0.5) is 8.78 Å². The second-order valence-corrected chi connectivity index (χ2v) is 7.87. The van der Waals surface area contributed by atoms with E-state index in [-0.39, 0.29) is 35.7 Å². The number of nitrogens with one attached hydrogen (secondary N) is 1. The first kappa shape index (κ1) is 23.8. The van der Waals surface area contributed by atoms with E-state index in [1.807, 2.05) is 30.3 Å². The number of nitrogens with zero attached hydrogens (tertiary/aromatic N) is 2. The maximum atomic E-state index is 15.0. The quantitative estimate of drug-likeness (QED) is 0.369. The normalized spacial score (nSPS) is 10.7. The number of esters is 1. The van der Waals surface area contributed by atoms with E-state index in [2.05, 4.69) is 10.2 Å². The van der Waals surface area contributed by atoms with Crippen LogP contribution in [0.25, 0.3) is 22.5 Å². The van der Waals surface area contributed by atoms with Crippen LogP contribution in [-0.2, 0) is 16.0 Å². The van der Waals surface area contributed by atoms with Crippen molar-refractivity contribution in [2.45, 2.75) is 6.42 Å². The molecule has 1 N–H and O–H groups in total. The van der Waals surface area contributed by atoms with Gasteiger partial charge in [0.2, 0.25) is 0 Å². The summed E-state index contributed by atoms with van der Waals surface area (Å²) in [7, 11) is 1.25. The molecule has 1 aromatic heterocycles. The second kappa shape index (κ2) is 10.7. The number of rotatable bonds is 8. The zero-order valence-corrected chi connectivity index (χ0v) is 19.0. The lowest BCUT2D eigenvalue weighted by Gasteiger charge is -2.23. The van der Waals surface area contributed by atoms with Gasteiger partial charge in [-0.2, -0.15) is 5.10 Å². The molecule has 0 saturated carbocycles. The zero-order chi connectivity index (χ0) is 24.8. The van der Waals surface area contributed by atoms with Crippen LogP contribution < -0.4 is 0 Å². The van der Waals surface area contributed by atoms with Crippen molar-refractivity contribution in [1.82, 2.24) is 15.1 Å². The molecule has 0 spiro atoms. The molecule has 4 aromatic rings. The van der Waals surface area contributed by atoms with Crippen molar-refractivity contribution in [3.8, 4) is 22.5 Å². The van der Waals surface area contributed by atoms with E-state index < -0.39 is 17.7 Å². The molecule has 0 aliphatic heterocycles. The molecule has 3 aromatic carbocycles. The van der Waals surface area contributed by atoms with Gasteiger partial charge in [-0.15, -0.1) is 0 Å². The number of H-pyrrole nitrogens is 1. The molecular weight excluding hydrogens is 452 g/mol. The third-order valence-corrected chi connectivity index (χ3v) is 5.58. The van der Waals surface area contributed by atoms with Gasteiger partial charge >= 0.3 is 5.97 Å². The van der Waals surface area contributed by atoms with Crippen LogP contribution >= 0.6 is 0 Å². The van der Waals surface area contributed by atoms with Gasteiger partial charge in [-0.1, -0.05) is 36.4 Å². The van der Waals surface area contributed by atoms with Crippen molar-refractivity contribution in [3.05, 3.63) is 102 Å². The number of amides is 1. The first-order chi connectivity index (χ1) is 17.0. The van der Waals surface area contributed by atoms with Crippen molar-refractivity contribution in [1.29, 1.82) is 0 Å². The van der Waals surface area contributed by atoms with Gasteiger partial charge < -0.3 is 9.64 Å². The molecule has 0 atom stereocenters. The Morgan fingerprint density at radius 2 is 1.71 bits per heavy atom. The van der Waals surface area contributed by atoms with E-state index >= 15 is 4.39 Å². The van der Waals surface area contributed by atoms with Crippen molar-refractivity contribution in [3.63, 3.8) is 0 Å². The minimum atomic E-state index is -0.630. The minimum absolute atomic E-state index is 0.0108. The lowest BCUT2D eigenvalue weighted by molar-refractivity contribution is -0.141. The molecule has 35 heavy (non-hydrogen) atoms. The fourth-order valence-corrected chi connectivity index (χ4v) is 3.74. The number of carbonyl (C=O) groups excluding carboxylic acids is 2. The molecule has 8 heteroatoms. The van der Waals surface area contributed by atoms with Crippen LogP contribution in [-0.4, -0.2) is 47.2 Å². The summed E-state index contributed by atoms with van der Waals surface area (Å²) in [6.45, 7) is -0.0468. The Morgan fingerprint density at radius 1 is 0.971 bits per heavy atom. The first-order valence-electron chi connectivity index (χ1n) is 11.0. The number of ether oxygens (including phenoxy) is 1. The zero-order valence-electron chi connectivity index (χ0n) is 19.0. The van der Waals surface area contributed by atoms with Crippen molar-refractivity contribution in [2.75, 3.05) is 20.2 Å². The van der Waals surface area contributed by atoms with Gasteiger partial charge in [0.25, 0.3) is 5.91 Å². The van der Waals surface area contributed by atoms with Gasteiger partial charge in [0.1, 0.15) is 18.2 Å². The Bertz CT molecular complexity index is 1320. The standard InChI is InChI=1S/C27H23F2N3O3/c1-35-25(33)17-32(15-14-18-6-3-2-4-7-18)27(34)21-8-5-9-22(29)26(21)24-16-23(30-31-24)19-10-12-20(28)13-11-19/h2-13,16H,14-15,17H2,1H3,(H,30,31). The Labute approximate surface area is 201 Å². The smallest absolute Gasteiger partial charge is 0.325 e. The van der Waals surface area contributed by atoms with Crippen LogP contribution in [0, 0.1) is 11.6 Å². The Morgan fingerprint density at radius 3 is 2.43 bits per heavy atom. The van der Waals surface area contributed by atoms with Gasteiger partial charge in [-0.25, -0.2) is 8.78 Å². The van der Waals surface area contributed by atoms with Gasteiger partial charge in [-0.05, 0) is 60.0 Å². The summed E-state index contributed by atoms with van der Waals surface area (Å²) in [6, 6.07) is 21.1. The SMILES string of the molecule is COC(=O)CN(CCc1ccccc1)C(=O)c1cccc(F)c1-c1cc(-c2ccc(F)cc2)[nH]n1. The molecule has 178 valence electrons. The predicted octanol–water partition coefficient (Wildman–Crippen LogP) is 4.88. The molecule has 0 fully saturated rings. The van der Waals surface area contributed by atoms with Crippen molar-refractivity contribution >= 4 is 11.9 Å². The number of carbonyl (C=O) groups is 2. The third-order valence-electron chi connectivity index (χ3n) is 5.58. The summed E-state index contributed by atoms with van der Waals surface area (Å²) in [6.07, 6.45) is 0.505. The summed E-state index contributed by atoms with van der Waals surface area (Å²) in [5.74, 6) is -2.11. The van der Waals surface area contributed by atoms with Gasteiger partial charge in [0, 0.05) is 6.54 Å². The molecule has 0 aliphatic carbocycles. The molecular formula is C27H23F2N3O3. The summed E-state index contributed by atoms with van der Waals surface area (Å²) in [5.41, 5.74) is 2.48. The lowest BCUT2D eigenvalue weighted by atomic mass is 10.0. The van der Waals surface area contributed by atoms with Crippen LogP contribution in [0.5, 0.6) is 0 Å². The van der Waals surface area contributed by atoms with Gasteiger partial charge in [-0.3, -0.25) is 14.7 Å². The average Bonchev–Trinajstić information content (AvgIpc) is 3.36. The minimum Gasteiger partial charge on any atom is -0.468 e. The molecule has 0 unspecified atom stereocenters. The monoisotopic (exact) mass is 475 g/mol. The number of hydrogen-bond donors (Lipinski definition) is 1. The van der Waals surface area contributed by atoms with E-state index in [4.69, 9.17) is 4.74 Å². The molecule has 1 heterocycles. The molecule has 6 nitrogen and oxygen atoms in total. The highest BCUT2D eigenvalue weighted by atomic mass is 19.1. The Balaban J connectivity index is 1.66. The number of methoxy groups -OCH3 is 1. The highest BCUT2D eigenvalue weighted by molar-refractivity contribution is 6.02. The second-order valence-electron chi connectivity index (χ2n) is 7.87. The summed E-state index contributed by atoms with van der Waals surface area (Å²) >= 11 is 0. The Hall–Kier alpha value is -4.33. The van der Waals surface area contributed by atoms with Gasteiger partial charge in [0.15, 0.2) is 0 Å². The van der Waals surface area contributed by atoms with Crippen LogP contribution in [0.15, 0.2) is 78.9 Å². The van der Waals surface area contributed by atoms with E-state index in [0.717, 1.165) is 5.56 Å². The highest BCUT2D eigenvalue weighted by Gasteiger charge is 2.25. The highest BCUT2D eigenvalue weighted by Crippen LogP contribution is 2.30.